The van der Waals surface area contributed by atoms with E-state index in [1.54, 1.807) is 0 Å². The number of nitrogens with one attached hydrogen (secondary N) is 1. The number of alkyl halides is 3. The third-order valence-electron chi connectivity index (χ3n) is 4.98. The van der Waals surface area contributed by atoms with Crippen LogP contribution in [0.1, 0.15) is 44.9 Å². The molecule has 0 spiro atoms. The van der Waals surface area contributed by atoms with Crippen LogP contribution < -0.4 is 5.32 Å². The molecule has 118 valence electrons. The SMILES string of the molecule is CN1CCC(CCNC2CCCCC2C(F)(F)F)CC1. The molecule has 0 bridgehead atoms. The van der Waals surface area contributed by atoms with Crippen molar-refractivity contribution in [3.8, 4) is 0 Å². The molecule has 2 aliphatic rings. The molecule has 0 aromatic heterocycles. The zero-order chi connectivity index (χ0) is 14.6. The maximum atomic E-state index is 13.0. The van der Waals surface area contributed by atoms with Crippen LogP contribution in [0, 0.1) is 11.8 Å². The molecule has 2 atom stereocenters. The Bertz CT molecular complexity index is 285. The molecule has 1 saturated heterocycles. The van der Waals surface area contributed by atoms with Gasteiger partial charge in [-0.1, -0.05) is 12.8 Å². The number of nitrogens with zero attached hydrogens (tertiary/aromatic N) is 1. The van der Waals surface area contributed by atoms with Crippen molar-refractivity contribution in [2.24, 2.45) is 11.8 Å². The second kappa shape index (κ2) is 7.12. The molecule has 2 nitrogen and oxygen atoms in total. The van der Waals surface area contributed by atoms with Crippen molar-refractivity contribution in [1.82, 2.24) is 10.2 Å². The van der Waals surface area contributed by atoms with E-state index in [1.807, 2.05) is 0 Å². The third-order valence-corrected chi connectivity index (χ3v) is 4.98. The summed E-state index contributed by atoms with van der Waals surface area (Å²) in [7, 11) is 2.13. The molecule has 20 heavy (non-hydrogen) atoms. The summed E-state index contributed by atoms with van der Waals surface area (Å²) >= 11 is 0. The molecule has 1 aliphatic heterocycles. The lowest BCUT2D eigenvalue weighted by molar-refractivity contribution is -0.188. The fraction of sp³-hybridized carbons (Fsp3) is 1.00. The Morgan fingerprint density at radius 1 is 1.05 bits per heavy atom. The average molecular weight is 292 g/mol. The molecule has 0 radical (unpaired) electrons. The van der Waals surface area contributed by atoms with Gasteiger partial charge in [-0.3, -0.25) is 0 Å². The molecule has 1 heterocycles. The van der Waals surface area contributed by atoms with Crippen molar-refractivity contribution in [3.63, 3.8) is 0 Å². The van der Waals surface area contributed by atoms with E-state index in [-0.39, 0.29) is 6.04 Å². The Labute approximate surface area is 120 Å². The van der Waals surface area contributed by atoms with Crippen molar-refractivity contribution < 1.29 is 13.2 Å². The summed E-state index contributed by atoms with van der Waals surface area (Å²) in [5, 5.41) is 3.20. The Morgan fingerprint density at radius 2 is 1.70 bits per heavy atom. The van der Waals surface area contributed by atoms with Gasteiger partial charge >= 0.3 is 6.18 Å². The van der Waals surface area contributed by atoms with Crippen LogP contribution in [-0.4, -0.2) is 43.8 Å². The van der Waals surface area contributed by atoms with Crippen LogP contribution in [0.3, 0.4) is 0 Å². The summed E-state index contributed by atoms with van der Waals surface area (Å²) in [4.78, 5) is 2.32. The summed E-state index contributed by atoms with van der Waals surface area (Å²) in [6, 6.07) is -0.352. The molecule has 1 aliphatic carbocycles. The van der Waals surface area contributed by atoms with Gasteiger partial charge in [0.15, 0.2) is 0 Å². The fourth-order valence-electron chi connectivity index (χ4n) is 3.59. The molecular weight excluding hydrogens is 265 g/mol. The first-order chi connectivity index (χ1) is 9.47. The van der Waals surface area contributed by atoms with Crippen LogP contribution in [0.2, 0.25) is 0 Å². The predicted molar refractivity (Wildman–Crippen MR) is 74.6 cm³/mol. The van der Waals surface area contributed by atoms with Crippen LogP contribution >= 0.6 is 0 Å². The highest BCUT2D eigenvalue weighted by atomic mass is 19.4. The lowest BCUT2D eigenvalue weighted by Crippen LogP contribution is -2.46. The van der Waals surface area contributed by atoms with Gasteiger partial charge < -0.3 is 10.2 Å². The smallest absolute Gasteiger partial charge is 0.313 e. The Morgan fingerprint density at radius 3 is 2.35 bits per heavy atom. The van der Waals surface area contributed by atoms with Crippen LogP contribution in [0.4, 0.5) is 13.2 Å². The lowest BCUT2D eigenvalue weighted by atomic mass is 9.83. The Hall–Kier alpha value is -0.290. The predicted octanol–water partition coefficient (Wildman–Crippen LogP) is 3.43. The van der Waals surface area contributed by atoms with E-state index in [0.29, 0.717) is 18.8 Å². The van der Waals surface area contributed by atoms with Crippen molar-refractivity contribution in [2.45, 2.75) is 57.2 Å². The number of halogens is 3. The first-order valence-electron chi connectivity index (χ1n) is 7.95. The van der Waals surface area contributed by atoms with E-state index in [4.69, 9.17) is 0 Å². The van der Waals surface area contributed by atoms with Crippen molar-refractivity contribution in [2.75, 3.05) is 26.7 Å². The number of hydrogen-bond acceptors (Lipinski definition) is 2. The van der Waals surface area contributed by atoms with Crippen LogP contribution in [0.5, 0.6) is 0 Å². The molecule has 0 aromatic rings. The standard InChI is InChI=1S/C15H27F3N2/c1-20-10-7-12(8-11-20)6-9-19-14-5-3-2-4-13(14)15(16,17)18/h12-14,19H,2-11H2,1H3. The number of likely N-dealkylation sites (tertiary alicyclic amines) is 1. The highest BCUT2D eigenvalue weighted by Crippen LogP contribution is 2.37. The molecule has 2 rings (SSSR count). The quantitative estimate of drug-likeness (QED) is 0.854. The molecule has 0 aromatic carbocycles. The van der Waals surface area contributed by atoms with Gasteiger partial charge in [-0.2, -0.15) is 13.2 Å². The number of piperidine rings is 1. The molecular formula is C15H27F3N2. The highest BCUT2D eigenvalue weighted by Gasteiger charge is 2.45. The molecule has 5 heteroatoms. The third kappa shape index (κ3) is 4.62. The Kier molecular flexibility index (Phi) is 5.73. The number of rotatable bonds is 4. The van der Waals surface area contributed by atoms with Gasteiger partial charge in [0.1, 0.15) is 0 Å². The minimum Gasteiger partial charge on any atom is -0.313 e. The normalized spacial score (nSPS) is 30.6. The number of hydrogen-bond donors (Lipinski definition) is 1. The highest BCUT2D eigenvalue weighted by molar-refractivity contribution is 4.85. The maximum absolute atomic E-state index is 13.0. The van der Waals surface area contributed by atoms with E-state index in [0.717, 1.165) is 38.9 Å². The van der Waals surface area contributed by atoms with Crippen molar-refractivity contribution >= 4 is 0 Å². The maximum Gasteiger partial charge on any atom is 0.393 e. The van der Waals surface area contributed by atoms with Crippen molar-refractivity contribution in [3.05, 3.63) is 0 Å². The van der Waals surface area contributed by atoms with E-state index in [1.165, 1.54) is 12.8 Å². The van der Waals surface area contributed by atoms with Gasteiger partial charge in [0.25, 0.3) is 0 Å². The molecule has 1 N–H and O–H groups in total. The molecule has 0 amide bonds. The van der Waals surface area contributed by atoms with Crippen LogP contribution in [-0.2, 0) is 0 Å². The van der Waals surface area contributed by atoms with E-state index < -0.39 is 12.1 Å². The molecule has 2 unspecified atom stereocenters. The summed E-state index contributed by atoms with van der Waals surface area (Å²) < 4.78 is 38.9. The fourth-order valence-corrected chi connectivity index (χ4v) is 3.59. The summed E-state index contributed by atoms with van der Waals surface area (Å²) in [5.41, 5.74) is 0. The van der Waals surface area contributed by atoms with Gasteiger partial charge in [0.05, 0.1) is 5.92 Å². The minimum atomic E-state index is -4.04. The van der Waals surface area contributed by atoms with Crippen LogP contribution in [0.15, 0.2) is 0 Å². The van der Waals surface area contributed by atoms with Gasteiger partial charge in [0, 0.05) is 6.04 Å². The first kappa shape index (κ1) is 16.1. The molecule has 1 saturated carbocycles. The molecule has 2 fully saturated rings. The van der Waals surface area contributed by atoms with Gasteiger partial charge in [-0.25, -0.2) is 0 Å². The second-order valence-electron chi connectivity index (χ2n) is 6.53. The Balaban J connectivity index is 1.72. The van der Waals surface area contributed by atoms with Gasteiger partial charge in [0.2, 0.25) is 0 Å². The van der Waals surface area contributed by atoms with Crippen LogP contribution in [0.25, 0.3) is 0 Å². The van der Waals surface area contributed by atoms with E-state index in [2.05, 4.69) is 17.3 Å². The minimum absolute atomic E-state index is 0.301. The first-order valence-corrected chi connectivity index (χ1v) is 7.95. The summed E-state index contributed by atoms with van der Waals surface area (Å²) in [6.07, 6.45) is 1.99. The second-order valence-corrected chi connectivity index (χ2v) is 6.53. The summed E-state index contributed by atoms with van der Waals surface area (Å²) in [5.74, 6) is -0.444. The van der Waals surface area contributed by atoms with Gasteiger partial charge in [-0.15, -0.1) is 0 Å². The van der Waals surface area contributed by atoms with E-state index >= 15 is 0 Å². The zero-order valence-corrected chi connectivity index (χ0v) is 12.4. The van der Waals surface area contributed by atoms with E-state index in [9.17, 15) is 13.2 Å². The topological polar surface area (TPSA) is 15.3 Å². The van der Waals surface area contributed by atoms with Crippen molar-refractivity contribution in [1.29, 1.82) is 0 Å². The summed E-state index contributed by atoms with van der Waals surface area (Å²) in [6.45, 7) is 2.99. The van der Waals surface area contributed by atoms with Gasteiger partial charge in [-0.05, 0) is 64.7 Å². The largest absolute Gasteiger partial charge is 0.393 e. The zero-order valence-electron chi connectivity index (χ0n) is 12.4. The lowest BCUT2D eigenvalue weighted by Gasteiger charge is -2.34. The average Bonchev–Trinajstić information content (AvgIpc) is 2.40. The monoisotopic (exact) mass is 292 g/mol.